The summed E-state index contributed by atoms with van der Waals surface area (Å²) in [6.07, 6.45) is 0. The Morgan fingerprint density at radius 1 is 1.53 bits per heavy atom. The van der Waals surface area contributed by atoms with Crippen molar-refractivity contribution in [3.63, 3.8) is 0 Å². The predicted octanol–water partition coefficient (Wildman–Crippen LogP) is 1.77. The van der Waals surface area contributed by atoms with E-state index in [1.54, 1.807) is 16.2 Å². The van der Waals surface area contributed by atoms with Crippen LogP contribution in [0.25, 0.3) is 0 Å². The monoisotopic (exact) mass is 248 g/mol. The molecule has 1 rings (SSSR count). The summed E-state index contributed by atoms with van der Waals surface area (Å²) < 4.78 is 0. The lowest BCUT2D eigenvalue weighted by Crippen LogP contribution is -2.32. The van der Waals surface area contributed by atoms with Gasteiger partial charge in [-0.1, -0.05) is 0 Å². The number of aryl methyl sites for hydroxylation is 1. The molecule has 15 heavy (non-hydrogen) atoms. The lowest BCUT2D eigenvalue weighted by Gasteiger charge is -2.15. The van der Waals surface area contributed by atoms with E-state index in [4.69, 9.17) is 0 Å². The van der Waals surface area contributed by atoms with E-state index in [-0.39, 0.29) is 18.3 Å². The molecule has 0 unspecified atom stereocenters. The molecule has 0 atom stereocenters. The van der Waals surface area contributed by atoms with Crippen LogP contribution >= 0.6 is 23.7 Å². The van der Waals surface area contributed by atoms with Crippen LogP contribution in [0.15, 0.2) is 12.1 Å². The van der Waals surface area contributed by atoms with E-state index in [0.717, 1.165) is 18.0 Å². The molecule has 1 aromatic heterocycles. The Morgan fingerprint density at radius 2 is 2.20 bits per heavy atom. The van der Waals surface area contributed by atoms with Crippen LogP contribution < -0.4 is 5.32 Å². The third-order valence-electron chi connectivity index (χ3n) is 2.00. The van der Waals surface area contributed by atoms with Crippen LogP contribution in [0.4, 0.5) is 0 Å². The van der Waals surface area contributed by atoms with E-state index in [2.05, 4.69) is 5.32 Å². The smallest absolute Gasteiger partial charge is 0.263 e. The number of nitrogens with one attached hydrogen (secondary N) is 1. The van der Waals surface area contributed by atoms with Gasteiger partial charge in [-0.25, -0.2) is 0 Å². The molecular formula is C10H17ClN2OS. The topological polar surface area (TPSA) is 32.3 Å². The zero-order valence-corrected chi connectivity index (χ0v) is 10.9. The van der Waals surface area contributed by atoms with Crippen LogP contribution in [0.5, 0.6) is 0 Å². The van der Waals surface area contributed by atoms with Gasteiger partial charge >= 0.3 is 0 Å². The van der Waals surface area contributed by atoms with Crippen LogP contribution in [0.1, 0.15) is 14.5 Å². The molecule has 0 saturated carbocycles. The minimum atomic E-state index is 0. The Balaban J connectivity index is 0.00000196. The highest BCUT2D eigenvalue weighted by molar-refractivity contribution is 7.13. The van der Waals surface area contributed by atoms with Crippen LogP contribution in [0.3, 0.4) is 0 Å². The molecule has 1 amide bonds. The zero-order chi connectivity index (χ0) is 10.6. The van der Waals surface area contributed by atoms with Crippen molar-refractivity contribution in [3.05, 3.63) is 21.9 Å². The van der Waals surface area contributed by atoms with Crippen molar-refractivity contribution < 1.29 is 4.79 Å². The van der Waals surface area contributed by atoms with Crippen molar-refractivity contribution in [1.82, 2.24) is 10.2 Å². The highest BCUT2D eigenvalue weighted by atomic mass is 35.5. The Morgan fingerprint density at radius 3 is 2.67 bits per heavy atom. The molecule has 0 bridgehead atoms. The van der Waals surface area contributed by atoms with Gasteiger partial charge < -0.3 is 10.2 Å². The van der Waals surface area contributed by atoms with Gasteiger partial charge in [0.2, 0.25) is 0 Å². The first-order chi connectivity index (χ1) is 6.65. The molecule has 0 spiro atoms. The Kier molecular flexibility index (Phi) is 6.56. The van der Waals surface area contributed by atoms with E-state index in [9.17, 15) is 4.79 Å². The maximum atomic E-state index is 11.8. The van der Waals surface area contributed by atoms with E-state index in [1.807, 2.05) is 33.2 Å². The number of thiophene rings is 1. The largest absolute Gasteiger partial charge is 0.340 e. The first-order valence-corrected chi connectivity index (χ1v) is 5.43. The summed E-state index contributed by atoms with van der Waals surface area (Å²) in [7, 11) is 3.71. The predicted molar refractivity (Wildman–Crippen MR) is 67.2 cm³/mol. The molecule has 0 aliphatic rings. The van der Waals surface area contributed by atoms with Crippen LogP contribution in [0.2, 0.25) is 0 Å². The van der Waals surface area contributed by atoms with Crippen molar-refractivity contribution in [3.8, 4) is 0 Å². The zero-order valence-electron chi connectivity index (χ0n) is 9.24. The number of carbonyl (C=O) groups is 1. The second-order valence-electron chi connectivity index (χ2n) is 3.24. The van der Waals surface area contributed by atoms with Crippen molar-refractivity contribution >= 4 is 29.7 Å². The minimum Gasteiger partial charge on any atom is -0.340 e. The summed E-state index contributed by atoms with van der Waals surface area (Å²) in [5.74, 6) is 0.110. The first kappa shape index (κ1) is 14.4. The summed E-state index contributed by atoms with van der Waals surface area (Å²) in [5, 5.41) is 3.02. The van der Waals surface area contributed by atoms with Crippen molar-refractivity contribution in [2.75, 3.05) is 27.2 Å². The quantitative estimate of drug-likeness (QED) is 0.881. The minimum absolute atomic E-state index is 0. The average Bonchev–Trinajstić information content (AvgIpc) is 2.60. The molecule has 0 saturated heterocycles. The summed E-state index contributed by atoms with van der Waals surface area (Å²) in [5.41, 5.74) is 0. The fourth-order valence-electron chi connectivity index (χ4n) is 1.12. The maximum absolute atomic E-state index is 11.8. The van der Waals surface area contributed by atoms with Crippen molar-refractivity contribution in [1.29, 1.82) is 0 Å². The average molecular weight is 249 g/mol. The molecule has 0 radical (unpaired) electrons. The van der Waals surface area contributed by atoms with Gasteiger partial charge in [0.05, 0.1) is 4.88 Å². The molecule has 86 valence electrons. The number of likely N-dealkylation sites (N-methyl/N-ethyl adjacent to an activating group) is 2. The molecule has 0 aliphatic heterocycles. The second-order valence-corrected chi connectivity index (χ2v) is 4.53. The molecule has 0 aliphatic carbocycles. The molecule has 3 nitrogen and oxygen atoms in total. The molecule has 1 heterocycles. The van der Waals surface area contributed by atoms with E-state index in [1.165, 1.54) is 4.88 Å². The van der Waals surface area contributed by atoms with E-state index in [0.29, 0.717) is 0 Å². The van der Waals surface area contributed by atoms with Gasteiger partial charge in [-0.2, -0.15) is 0 Å². The Bertz CT molecular complexity index is 314. The van der Waals surface area contributed by atoms with E-state index < -0.39 is 0 Å². The van der Waals surface area contributed by atoms with Crippen LogP contribution in [-0.4, -0.2) is 38.0 Å². The standard InChI is InChI=1S/C10H16N2OS.ClH/c1-8-4-5-9(14-8)10(13)12(3)7-6-11-2;/h4-5,11H,6-7H2,1-3H3;1H. The molecular weight excluding hydrogens is 232 g/mol. The molecule has 5 heteroatoms. The molecule has 0 aromatic carbocycles. The van der Waals surface area contributed by atoms with Crippen molar-refractivity contribution in [2.45, 2.75) is 6.92 Å². The maximum Gasteiger partial charge on any atom is 0.263 e. The number of nitrogens with zero attached hydrogens (tertiary/aromatic N) is 1. The third-order valence-corrected chi connectivity index (χ3v) is 2.98. The van der Waals surface area contributed by atoms with Crippen molar-refractivity contribution in [2.24, 2.45) is 0 Å². The fourth-order valence-corrected chi connectivity index (χ4v) is 1.98. The number of carbonyl (C=O) groups excluding carboxylic acids is 1. The second kappa shape index (κ2) is 6.82. The lowest BCUT2D eigenvalue weighted by atomic mass is 10.4. The summed E-state index contributed by atoms with van der Waals surface area (Å²) in [4.78, 5) is 15.5. The Labute approximate surface area is 101 Å². The molecule has 1 N–H and O–H groups in total. The van der Waals surface area contributed by atoms with Gasteiger partial charge in [-0.3, -0.25) is 4.79 Å². The number of amides is 1. The molecule has 1 aromatic rings. The highest BCUT2D eigenvalue weighted by Gasteiger charge is 2.12. The van der Waals surface area contributed by atoms with Gasteiger partial charge in [0, 0.05) is 25.0 Å². The fraction of sp³-hybridized carbons (Fsp3) is 0.500. The summed E-state index contributed by atoms with van der Waals surface area (Å²) in [6, 6.07) is 3.86. The van der Waals surface area contributed by atoms with Crippen LogP contribution in [-0.2, 0) is 0 Å². The number of hydrogen-bond acceptors (Lipinski definition) is 3. The molecule has 0 fully saturated rings. The summed E-state index contributed by atoms with van der Waals surface area (Å²) >= 11 is 1.55. The third kappa shape index (κ3) is 4.20. The summed E-state index contributed by atoms with van der Waals surface area (Å²) in [6.45, 7) is 3.58. The SMILES string of the molecule is CNCCN(C)C(=O)c1ccc(C)s1.Cl. The van der Waals surface area contributed by atoms with Gasteiger partial charge in [-0.05, 0) is 26.1 Å². The number of hydrogen-bond donors (Lipinski definition) is 1. The van der Waals surface area contributed by atoms with Gasteiger partial charge in [-0.15, -0.1) is 23.7 Å². The van der Waals surface area contributed by atoms with Gasteiger partial charge in [0.15, 0.2) is 0 Å². The number of halogens is 1. The highest BCUT2D eigenvalue weighted by Crippen LogP contribution is 2.16. The number of rotatable bonds is 4. The van der Waals surface area contributed by atoms with E-state index >= 15 is 0 Å². The first-order valence-electron chi connectivity index (χ1n) is 4.61. The van der Waals surface area contributed by atoms with Gasteiger partial charge in [0.1, 0.15) is 0 Å². The van der Waals surface area contributed by atoms with Crippen LogP contribution in [0, 0.1) is 6.92 Å². The Hall–Kier alpha value is -0.580. The lowest BCUT2D eigenvalue weighted by molar-refractivity contribution is 0.0801. The normalized spacial score (nSPS) is 9.53. The van der Waals surface area contributed by atoms with Gasteiger partial charge in [0.25, 0.3) is 5.91 Å².